The van der Waals surface area contributed by atoms with Crippen molar-refractivity contribution < 1.29 is 18.8 Å². The summed E-state index contributed by atoms with van der Waals surface area (Å²) in [5.41, 5.74) is 4.66. The van der Waals surface area contributed by atoms with Crippen molar-refractivity contribution in [2.24, 2.45) is 0 Å². The molecule has 0 saturated carbocycles. The van der Waals surface area contributed by atoms with Gasteiger partial charge in [0.25, 0.3) is 0 Å². The Labute approximate surface area is 138 Å². The molecule has 0 amide bonds. The number of anilines is 1. The summed E-state index contributed by atoms with van der Waals surface area (Å²) in [5, 5.41) is 10.9. The highest BCUT2D eigenvalue weighted by atomic mass is 19.1. The van der Waals surface area contributed by atoms with E-state index in [0.717, 1.165) is 17.7 Å². The van der Waals surface area contributed by atoms with Crippen LogP contribution in [0.3, 0.4) is 0 Å². The second-order valence-electron chi connectivity index (χ2n) is 5.83. The van der Waals surface area contributed by atoms with Gasteiger partial charge in [-0.05, 0) is 25.0 Å². The SMILES string of the molecule is CC(C)(C(=O)OCc1ccccc1)c1cc([N+](=O)[O-])c(F)cc1N. The van der Waals surface area contributed by atoms with E-state index in [9.17, 15) is 19.3 Å². The Balaban J connectivity index is 2.27. The predicted octanol–water partition coefficient (Wildman–Crippen LogP) is 3.34. The Morgan fingerprint density at radius 1 is 1.29 bits per heavy atom. The van der Waals surface area contributed by atoms with Crippen molar-refractivity contribution in [3.8, 4) is 0 Å². The number of esters is 1. The van der Waals surface area contributed by atoms with Crippen LogP contribution >= 0.6 is 0 Å². The zero-order valence-electron chi connectivity index (χ0n) is 13.3. The number of rotatable bonds is 5. The highest BCUT2D eigenvalue weighted by molar-refractivity contribution is 5.84. The van der Waals surface area contributed by atoms with Crippen LogP contribution in [0.5, 0.6) is 0 Å². The van der Waals surface area contributed by atoms with Gasteiger partial charge in [0.1, 0.15) is 6.61 Å². The third kappa shape index (κ3) is 3.51. The third-order valence-electron chi connectivity index (χ3n) is 3.71. The first-order chi connectivity index (χ1) is 11.2. The number of nitrogens with two attached hydrogens (primary N) is 1. The van der Waals surface area contributed by atoms with Gasteiger partial charge in [-0.1, -0.05) is 30.3 Å². The van der Waals surface area contributed by atoms with Crippen molar-refractivity contribution in [2.75, 3.05) is 5.73 Å². The third-order valence-corrected chi connectivity index (χ3v) is 3.71. The van der Waals surface area contributed by atoms with E-state index in [0.29, 0.717) is 0 Å². The summed E-state index contributed by atoms with van der Waals surface area (Å²) in [6.07, 6.45) is 0. The highest BCUT2D eigenvalue weighted by Crippen LogP contribution is 2.34. The fourth-order valence-corrected chi connectivity index (χ4v) is 2.27. The van der Waals surface area contributed by atoms with E-state index in [2.05, 4.69) is 0 Å². The Kier molecular flexibility index (Phi) is 4.82. The fourth-order valence-electron chi connectivity index (χ4n) is 2.27. The minimum atomic E-state index is -1.27. The molecule has 6 nitrogen and oxygen atoms in total. The largest absolute Gasteiger partial charge is 0.460 e. The van der Waals surface area contributed by atoms with Gasteiger partial charge in [-0.2, -0.15) is 4.39 Å². The number of hydrogen-bond donors (Lipinski definition) is 1. The Hall–Kier alpha value is -2.96. The molecule has 2 aromatic rings. The lowest BCUT2D eigenvalue weighted by Crippen LogP contribution is -2.32. The standard InChI is InChI=1S/C17H17FN2O4/c1-17(2,16(21)24-10-11-6-4-3-5-7-11)12-8-15(20(22)23)13(18)9-14(12)19/h3-9H,10,19H2,1-2H3. The molecule has 0 saturated heterocycles. The van der Waals surface area contributed by atoms with Gasteiger partial charge < -0.3 is 10.5 Å². The molecule has 0 heterocycles. The Morgan fingerprint density at radius 3 is 2.50 bits per heavy atom. The van der Waals surface area contributed by atoms with Crippen LogP contribution in [-0.4, -0.2) is 10.9 Å². The maximum Gasteiger partial charge on any atom is 0.316 e. The van der Waals surface area contributed by atoms with Crippen LogP contribution in [0.2, 0.25) is 0 Å². The lowest BCUT2D eigenvalue weighted by atomic mass is 9.83. The molecule has 0 aromatic heterocycles. The number of halogens is 1. The molecule has 2 aromatic carbocycles. The van der Waals surface area contributed by atoms with Gasteiger partial charge in [0.15, 0.2) is 0 Å². The number of nitrogens with zero attached hydrogens (tertiary/aromatic N) is 1. The molecule has 0 atom stereocenters. The van der Waals surface area contributed by atoms with Crippen LogP contribution < -0.4 is 5.73 Å². The molecule has 2 N–H and O–H groups in total. The second-order valence-corrected chi connectivity index (χ2v) is 5.83. The van der Waals surface area contributed by atoms with Crippen molar-refractivity contribution in [3.05, 3.63) is 69.5 Å². The van der Waals surface area contributed by atoms with Crippen LogP contribution in [0.1, 0.15) is 25.0 Å². The zero-order valence-corrected chi connectivity index (χ0v) is 13.3. The quantitative estimate of drug-likeness (QED) is 0.392. The minimum Gasteiger partial charge on any atom is -0.460 e. The predicted molar refractivity (Wildman–Crippen MR) is 86.7 cm³/mol. The lowest BCUT2D eigenvalue weighted by molar-refractivity contribution is -0.387. The summed E-state index contributed by atoms with van der Waals surface area (Å²) in [6.45, 7) is 3.10. The number of hydrogen-bond acceptors (Lipinski definition) is 5. The first kappa shape index (κ1) is 17.4. The maximum atomic E-state index is 13.6. The maximum absolute atomic E-state index is 13.6. The van der Waals surface area contributed by atoms with Gasteiger partial charge >= 0.3 is 11.7 Å². The number of ether oxygens (including phenoxy) is 1. The van der Waals surface area contributed by atoms with Crippen molar-refractivity contribution in [1.29, 1.82) is 0 Å². The van der Waals surface area contributed by atoms with E-state index < -0.39 is 27.8 Å². The summed E-state index contributed by atoms with van der Waals surface area (Å²) < 4.78 is 18.9. The molecule has 0 aliphatic carbocycles. The van der Waals surface area contributed by atoms with Gasteiger partial charge in [-0.15, -0.1) is 0 Å². The fraction of sp³-hybridized carbons (Fsp3) is 0.235. The van der Waals surface area contributed by atoms with Crippen molar-refractivity contribution in [3.63, 3.8) is 0 Å². The van der Waals surface area contributed by atoms with E-state index in [1.165, 1.54) is 13.8 Å². The molecule has 7 heteroatoms. The average molecular weight is 332 g/mol. The number of benzene rings is 2. The molecule has 0 spiro atoms. The van der Waals surface area contributed by atoms with E-state index >= 15 is 0 Å². The molecule has 0 radical (unpaired) electrons. The van der Waals surface area contributed by atoms with Crippen LogP contribution in [-0.2, 0) is 21.6 Å². The average Bonchev–Trinajstić information content (AvgIpc) is 2.52. The number of nitro benzene ring substituents is 1. The number of nitrogen functional groups attached to an aromatic ring is 1. The summed E-state index contributed by atoms with van der Waals surface area (Å²) in [6, 6.07) is 10.9. The molecule has 2 rings (SSSR count). The molecule has 0 bridgehead atoms. The number of carbonyl (C=O) groups is 1. The summed E-state index contributed by atoms with van der Waals surface area (Å²) in [5.74, 6) is -1.66. The first-order valence-corrected chi connectivity index (χ1v) is 7.18. The minimum absolute atomic E-state index is 0.0419. The van der Waals surface area contributed by atoms with Crippen LogP contribution in [0.25, 0.3) is 0 Å². The van der Waals surface area contributed by atoms with E-state index in [1.807, 2.05) is 18.2 Å². The topological polar surface area (TPSA) is 95.5 Å². The van der Waals surface area contributed by atoms with Crippen LogP contribution in [0.15, 0.2) is 42.5 Å². The summed E-state index contributed by atoms with van der Waals surface area (Å²) in [4.78, 5) is 22.5. The Morgan fingerprint density at radius 2 is 1.92 bits per heavy atom. The molecule has 126 valence electrons. The van der Waals surface area contributed by atoms with E-state index in [1.54, 1.807) is 12.1 Å². The molecule has 0 fully saturated rings. The number of carbonyl (C=O) groups excluding carboxylic acids is 1. The van der Waals surface area contributed by atoms with E-state index in [-0.39, 0.29) is 17.9 Å². The van der Waals surface area contributed by atoms with Crippen LogP contribution in [0, 0.1) is 15.9 Å². The van der Waals surface area contributed by atoms with Gasteiger partial charge in [0.2, 0.25) is 5.82 Å². The monoisotopic (exact) mass is 332 g/mol. The van der Waals surface area contributed by atoms with Crippen molar-refractivity contribution in [1.82, 2.24) is 0 Å². The van der Waals surface area contributed by atoms with Gasteiger partial charge in [0, 0.05) is 17.8 Å². The number of nitro groups is 1. The van der Waals surface area contributed by atoms with Gasteiger partial charge in [0.05, 0.1) is 10.3 Å². The van der Waals surface area contributed by atoms with Gasteiger partial charge in [-0.25, -0.2) is 0 Å². The molecule has 0 aliphatic heterocycles. The molecule has 0 unspecified atom stereocenters. The summed E-state index contributed by atoms with van der Waals surface area (Å²) in [7, 11) is 0. The molecular formula is C17H17FN2O4. The first-order valence-electron chi connectivity index (χ1n) is 7.18. The highest BCUT2D eigenvalue weighted by Gasteiger charge is 2.35. The van der Waals surface area contributed by atoms with Crippen molar-refractivity contribution >= 4 is 17.3 Å². The smallest absolute Gasteiger partial charge is 0.316 e. The van der Waals surface area contributed by atoms with Gasteiger partial charge in [-0.3, -0.25) is 14.9 Å². The Bertz CT molecular complexity index is 776. The molecular weight excluding hydrogens is 315 g/mol. The lowest BCUT2D eigenvalue weighted by Gasteiger charge is -2.24. The van der Waals surface area contributed by atoms with Crippen LogP contribution in [0.4, 0.5) is 15.8 Å². The normalized spacial score (nSPS) is 11.1. The molecule has 24 heavy (non-hydrogen) atoms. The summed E-state index contributed by atoms with van der Waals surface area (Å²) >= 11 is 0. The van der Waals surface area contributed by atoms with E-state index in [4.69, 9.17) is 10.5 Å². The second kappa shape index (κ2) is 6.66. The molecule has 0 aliphatic rings. The zero-order chi connectivity index (χ0) is 17.9. The van der Waals surface area contributed by atoms with Crippen molar-refractivity contribution in [2.45, 2.75) is 25.9 Å².